The first kappa shape index (κ1) is 62.1. The summed E-state index contributed by atoms with van der Waals surface area (Å²) in [5.41, 5.74) is 12.1. The van der Waals surface area contributed by atoms with Crippen LogP contribution in [-0.4, -0.2) is 55.0 Å². The summed E-state index contributed by atoms with van der Waals surface area (Å²) < 4.78 is 27.1. The Kier molecular flexibility index (Phi) is 33.8. The van der Waals surface area contributed by atoms with Crippen molar-refractivity contribution >= 4 is 15.9 Å². The number of rotatable bonds is 6. The largest absolute Gasteiger partial charge is 0.342 e. The molecule has 0 atom stereocenters. The fraction of sp³-hybridized carbons (Fsp3) is 0.679. The van der Waals surface area contributed by atoms with Crippen LogP contribution < -0.4 is 4.57 Å². The molecule has 0 spiro atoms. The summed E-state index contributed by atoms with van der Waals surface area (Å²) >= 11 is 0. The van der Waals surface area contributed by atoms with Gasteiger partial charge in [-0.05, 0) is 115 Å². The van der Waals surface area contributed by atoms with Crippen molar-refractivity contribution in [2.45, 2.75) is 219 Å². The van der Waals surface area contributed by atoms with Crippen molar-refractivity contribution in [1.29, 1.82) is 0 Å². The van der Waals surface area contributed by atoms with Gasteiger partial charge in [0.1, 0.15) is 0 Å². The molecule has 0 unspecified atom stereocenters. The standard InChI is InChI=1S/2C10H12.C9H17NO.C9H12N.C8H17NO2S.5C2H6/c2*1-7(2)8-3-4-9-6-10(9)5-8;1-8(2)9(11)10-6-4-3-5-7-10;1-7(2)8-3-4-10-6-9(10)5-8;1-8(2)12(10,11)9-6-4-3-5-7-9;5*1-2/h2*3-5,7H,6H2,1-2H3;8H,3-7H2,1-2H3;3-5,7H,6H2,1-2H3;8H,3-7H2,1-2H3;5*1-2H3/q;;;+1;;;;;;. The molecule has 6 nitrogen and oxygen atoms in total. The van der Waals surface area contributed by atoms with Gasteiger partial charge >= 0.3 is 0 Å². The fourth-order valence-electron chi connectivity index (χ4n) is 6.64. The number of hydrogen-bond acceptors (Lipinski definition) is 3. The zero-order valence-electron chi connectivity index (χ0n) is 44.7. The van der Waals surface area contributed by atoms with Gasteiger partial charge in [-0.15, -0.1) is 0 Å². The lowest BCUT2D eigenvalue weighted by atomic mass is 10.0. The molecule has 7 heteroatoms. The van der Waals surface area contributed by atoms with Gasteiger partial charge in [-0.2, -0.15) is 4.57 Å². The molecule has 362 valence electrons. The molecule has 0 bridgehead atoms. The third-order valence-corrected chi connectivity index (χ3v) is 13.1. The summed E-state index contributed by atoms with van der Waals surface area (Å²) in [6, 6.07) is 18.2. The average molecular weight is 896 g/mol. The van der Waals surface area contributed by atoms with Crippen molar-refractivity contribution in [3.63, 3.8) is 0 Å². The topological polar surface area (TPSA) is 61.6 Å². The van der Waals surface area contributed by atoms with E-state index in [-0.39, 0.29) is 11.2 Å². The van der Waals surface area contributed by atoms with Gasteiger partial charge in [0.25, 0.3) is 0 Å². The van der Waals surface area contributed by atoms with Gasteiger partial charge in [-0.3, -0.25) is 4.79 Å². The predicted octanol–water partition coefficient (Wildman–Crippen LogP) is 14.9. The Labute approximate surface area is 392 Å². The van der Waals surface area contributed by atoms with Crippen molar-refractivity contribution in [2.75, 3.05) is 26.2 Å². The fourth-order valence-corrected chi connectivity index (χ4v) is 8.00. The molecule has 0 radical (unpaired) electrons. The summed E-state index contributed by atoms with van der Waals surface area (Å²) in [4.78, 5) is 13.4. The Balaban J connectivity index is 0. The summed E-state index contributed by atoms with van der Waals surface area (Å²) in [5.74, 6) is 2.54. The molecule has 63 heavy (non-hydrogen) atoms. The maximum absolute atomic E-state index is 11.6. The number of hydrogen-bond donors (Lipinski definition) is 0. The van der Waals surface area contributed by atoms with Crippen LogP contribution >= 0.6 is 0 Å². The summed E-state index contributed by atoms with van der Waals surface area (Å²) in [6.45, 7) is 45.4. The molecule has 5 aliphatic rings. The molecular formula is C56H100N3O3S+. The van der Waals surface area contributed by atoms with E-state index in [1.54, 1.807) is 40.4 Å². The molecule has 0 saturated carbocycles. The zero-order valence-corrected chi connectivity index (χ0v) is 45.6. The Morgan fingerprint density at radius 2 is 0.889 bits per heavy atom. The first-order valence-electron chi connectivity index (χ1n) is 25.6. The first-order valence-corrected chi connectivity index (χ1v) is 27.1. The number of piperidine rings is 2. The Hall–Kier alpha value is -3.03. The van der Waals surface area contributed by atoms with Crippen LogP contribution in [0.2, 0.25) is 0 Å². The highest BCUT2D eigenvalue weighted by molar-refractivity contribution is 7.89. The van der Waals surface area contributed by atoms with E-state index in [1.807, 2.05) is 88.0 Å². The van der Waals surface area contributed by atoms with Gasteiger partial charge in [-0.25, -0.2) is 12.7 Å². The second-order valence-corrected chi connectivity index (χ2v) is 19.5. The number of carbonyl (C=O) groups is 1. The lowest BCUT2D eigenvalue weighted by Crippen LogP contribution is -2.39. The Morgan fingerprint density at radius 1 is 0.508 bits per heavy atom. The lowest BCUT2D eigenvalue weighted by molar-refractivity contribution is -0.572. The van der Waals surface area contributed by atoms with Crippen molar-refractivity contribution < 1.29 is 17.8 Å². The van der Waals surface area contributed by atoms with Crippen LogP contribution in [0.5, 0.6) is 0 Å². The number of likely N-dealkylation sites (tertiary alicyclic amines) is 1. The van der Waals surface area contributed by atoms with Crippen LogP contribution in [0.1, 0.15) is 239 Å². The van der Waals surface area contributed by atoms with Gasteiger partial charge in [-0.1, -0.05) is 167 Å². The molecule has 2 fully saturated rings. The monoisotopic (exact) mass is 895 g/mol. The zero-order chi connectivity index (χ0) is 48.9. The van der Waals surface area contributed by atoms with Gasteiger partial charge in [0, 0.05) is 44.2 Å². The van der Waals surface area contributed by atoms with Crippen LogP contribution in [0, 0.1) is 5.92 Å². The van der Waals surface area contributed by atoms with E-state index in [9.17, 15) is 13.2 Å². The first-order chi connectivity index (χ1) is 30.1. The van der Waals surface area contributed by atoms with E-state index < -0.39 is 10.0 Å². The van der Waals surface area contributed by atoms with E-state index in [4.69, 9.17) is 0 Å². The molecule has 3 aliphatic heterocycles. The molecule has 3 aromatic rings. The van der Waals surface area contributed by atoms with Crippen LogP contribution in [0.15, 0.2) is 54.7 Å². The summed E-state index contributed by atoms with van der Waals surface area (Å²) in [5, 5.41) is -0.268. The van der Waals surface area contributed by atoms with Gasteiger partial charge < -0.3 is 4.90 Å². The number of carbonyl (C=O) groups excluding carboxylic acids is 1. The molecule has 1 amide bonds. The minimum atomic E-state index is -2.97. The van der Waals surface area contributed by atoms with E-state index in [0.717, 1.165) is 45.6 Å². The van der Waals surface area contributed by atoms with Crippen molar-refractivity contribution in [1.82, 2.24) is 9.21 Å². The second-order valence-electron chi connectivity index (χ2n) is 17.0. The Bertz CT molecular complexity index is 1610. The van der Waals surface area contributed by atoms with Crippen LogP contribution in [0.3, 0.4) is 0 Å². The molecular weight excluding hydrogens is 795 g/mol. The summed E-state index contributed by atoms with van der Waals surface area (Å²) in [7, 11) is -2.97. The molecule has 2 aromatic carbocycles. The average Bonchev–Trinajstić information content (AvgIpc) is 4.22. The second kappa shape index (κ2) is 34.3. The maximum Gasteiger partial charge on any atom is 0.248 e. The number of sulfonamides is 1. The highest BCUT2D eigenvalue weighted by Gasteiger charge is 2.28. The van der Waals surface area contributed by atoms with Gasteiger partial charge in [0.15, 0.2) is 6.20 Å². The maximum atomic E-state index is 11.6. The molecule has 8 rings (SSSR count). The minimum absolute atomic E-state index is 0.174. The number of aromatic nitrogens is 1. The molecule has 2 aliphatic carbocycles. The van der Waals surface area contributed by atoms with Gasteiger partial charge in [0.05, 0.1) is 5.25 Å². The number of benzene rings is 2. The van der Waals surface area contributed by atoms with E-state index in [1.165, 1.54) is 60.9 Å². The summed E-state index contributed by atoms with van der Waals surface area (Å²) in [6.07, 6.45) is 11.5. The highest BCUT2D eigenvalue weighted by Crippen LogP contribution is 2.31. The van der Waals surface area contributed by atoms with E-state index in [0.29, 0.717) is 23.7 Å². The van der Waals surface area contributed by atoms with Crippen LogP contribution in [0.25, 0.3) is 0 Å². The van der Waals surface area contributed by atoms with Crippen LogP contribution in [0.4, 0.5) is 0 Å². The molecule has 0 N–H and O–H groups in total. The predicted molar refractivity (Wildman–Crippen MR) is 278 cm³/mol. The quantitative estimate of drug-likeness (QED) is 0.157. The van der Waals surface area contributed by atoms with Crippen LogP contribution in [-0.2, 0) is 34.2 Å². The molecule has 2 saturated heterocycles. The van der Waals surface area contributed by atoms with E-state index in [2.05, 4.69) is 101 Å². The van der Waals surface area contributed by atoms with E-state index >= 15 is 0 Å². The minimum Gasteiger partial charge on any atom is -0.342 e. The Morgan fingerprint density at radius 3 is 1.22 bits per heavy atom. The van der Waals surface area contributed by atoms with Crippen molar-refractivity contribution in [3.05, 3.63) is 99.4 Å². The molecule has 4 heterocycles. The van der Waals surface area contributed by atoms with Crippen molar-refractivity contribution in [2.24, 2.45) is 5.92 Å². The highest BCUT2D eigenvalue weighted by atomic mass is 32.2. The van der Waals surface area contributed by atoms with Crippen molar-refractivity contribution in [3.8, 4) is 0 Å². The smallest absolute Gasteiger partial charge is 0.248 e. The number of pyridine rings is 1. The normalized spacial score (nSPS) is 14.3. The number of nitrogens with zero attached hydrogens (tertiary/aromatic N) is 3. The lowest BCUT2D eigenvalue weighted by Gasteiger charge is -2.28. The number of amides is 1. The SMILES string of the molecule is CC.CC.CC.CC.CC.CC(C)C(=O)N1CCCCC1.CC(C)S(=O)(=O)N1CCCCC1.CC(C)c1cc[n+]2c(c1)C2.CC(C)c1ccc2c(c1)C2.CC(C)c1ccc2c(c1)C2. The van der Waals surface area contributed by atoms with Gasteiger partial charge in [0.2, 0.25) is 28.2 Å². The third-order valence-electron chi connectivity index (χ3n) is 10.8. The number of fused-ring (bicyclic) bond motifs is 3. The molecule has 1 aromatic heterocycles. The third kappa shape index (κ3) is 23.6.